The van der Waals surface area contributed by atoms with Gasteiger partial charge in [-0.05, 0) is 18.8 Å². The van der Waals surface area contributed by atoms with Crippen molar-refractivity contribution in [3.63, 3.8) is 0 Å². The van der Waals surface area contributed by atoms with Gasteiger partial charge in [0.2, 0.25) is 5.91 Å². The maximum Gasteiger partial charge on any atom is 0.220 e. The molecule has 0 spiro atoms. The van der Waals surface area contributed by atoms with Crippen LogP contribution in [0.5, 0.6) is 0 Å². The number of carbonyl (C=O) groups excluding carboxylic acids is 1. The Bertz CT molecular complexity index is 167. The molecule has 2 saturated carbocycles. The highest BCUT2D eigenvalue weighted by molar-refractivity contribution is 5.76. The van der Waals surface area contributed by atoms with Crippen molar-refractivity contribution in [3.05, 3.63) is 0 Å². The zero-order chi connectivity index (χ0) is 10.4. The summed E-state index contributed by atoms with van der Waals surface area (Å²) in [6, 6.07) is 0. The summed E-state index contributed by atoms with van der Waals surface area (Å²) < 4.78 is 0. The van der Waals surface area contributed by atoms with E-state index in [0.29, 0.717) is 0 Å². The van der Waals surface area contributed by atoms with Gasteiger partial charge in [0.25, 0.3) is 0 Å². The number of rotatable bonds is 1. The molecule has 0 heterocycles. The molecule has 2 rings (SSSR count). The molecule has 0 bridgehead atoms. The molecule has 0 aliphatic heterocycles. The van der Waals surface area contributed by atoms with E-state index in [2.05, 4.69) is 6.92 Å². The van der Waals surface area contributed by atoms with Crippen molar-refractivity contribution in [2.75, 3.05) is 0 Å². The Hall–Kier alpha value is -0.530. The fourth-order valence-corrected chi connectivity index (χ4v) is 2.34. The predicted molar refractivity (Wildman–Crippen MR) is 58.8 cm³/mol. The van der Waals surface area contributed by atoms with Crippen LogP contribution in [0.25, 0.3) is 0 Å². The van der Waals surface area contributed by atoms with E-state index in [0.717, 1.165) is 18.8 Å². The first-order valence-corrected chi connectivity index (χ1v) is 5.99. The molecule has 0 unspecified atom stereocenters. The molecule has 0 radical (unpaired) electrons. The van der Waals surface area contributed by atoms with Crippen LogP contribution in [0, 0.1) is 11.8 Å². The summed E-state index contributed by atoms with van der Waals surface area (Å²) in [5, 5.41) is 0. The van der Waals surface area contributed by atoms with E-state index in [1.54, 1.807) is 0 Å². The molecular weight excluding hydrogens is 174 g/mol. The minimum Gasteiger partial charge on any atom is -0.369 e. The van der Waals surface area contributed by atoms with Crippen molar-refractivity contribution in [2.24, 2.45) is 17.6 Å². The highest BCUT2D eigenvalue weighted by Crippen LogP contribution is 2.23. The lowest BCUT2D eigenvalue weighted by molar-refractivity contribution is -0.121. The predicted octanol–water partition coefficient (Wildman–Crippen LogP) is 2.86. The molecule has 1 amide bonds. The van der Waals surface area contributed by atoms with Crippen molar-refractivity contribution in [2.45, 2.75) is 58.3 Å². The maximum absolute atomic E-state index is 10.4. The van der Waals surface area contributed by atoms with Gasteiger partial charge in [0.05, 0.1) is 0 Å². The van der Waals surface area contributed by atoms with E-state index < -0.39 is 0 Å². The van der Waals surface area contributed by atoms with Gasteiger partial charge >= 0.3 is 0 Å². The van der Waals surface area contributed by atoms with Gasteiger partial charge < -0.3 is 5.73 Å². The average Bonchev–Trinajstić information content (AvgIpc) is 2.75. The molecule has 2 fully saturated rings. The molecule has 82 valence electrons. The maximum atomic E-state index is 10.4. The van der Waals surface area contributed by atoms with Gasteiger partial charge in [-0.3, -0.25) is 4.79 Å². The van der Waals surface area contributed by atoms with Crippen LogP contribution >= 0.6 is 0 Å². The monoisotopic (exact) mass is 197 g/mol. The molecule has 0 aromatic rings. The van der Waals surface area contributed by atoms with Crippen molar-refractivity contribution in [1.82, 2.24) is 0 Å². The number of amides is 1. The zero-order valence-electron chi connectivity index (χ0n) is 9.30. The summed E-state index contributed by atoms with van der Waals surface area (Å²) in [6.07, 6.45) is 10.4. The molecular formula is C12H23NO. The van der Waals surface area contributed by atoms with Crippen LogP contribution in [0.1, 0.15) is 58.3 Å². The lowest BCUT2D eigenvalue weighted by atomic mass is 10.1. The Kier molecular flexibility index (Phi) is 4.99. The van der Waals surface area contributed by atoms with E-state index >= 15 is 0 Å². The smallest absolute Gasteiger partial charge is 0.220 e. The van der Waals surface area contributed by atoms with Gasteiger partial charge in [0.1, 0.15) is 0 Å². The summed E-state index contributed by atoms with van der Waals surface area (Å²) in [7, 11) is 0. The topological polar surface area (TPSA) is 43.1 Å². The van der Waals surface area contributed by atoms with Crippen molar-refractivity contribution < 1.29 is 4.79 Å². The van der Waals surface area contributed by atoms with Crippen LogP contribution in [0.4, 0.5) is 0 Å². The lowest BCUT2D eigenvalue weighted by Gasteiger charge is -1.98. The number of primary amides is 1. The van der Waals surface area contributed by atoms with E-state index in [1.165, 1.54) is 38.5 Å². The number of nitrogens with two attached hydrogens (primary N) is 1. The summed E-state index contributed by atoms with van der Waals surface area (Å²) in [5.41, 5.74) is 5.06. The Balaban J connectivity index is 0.000000146. The minimum atomic E-state index is -0.109. The van der Waals surface area contributed by atoms with Gasteiger partial charge in [-0.2, -0.15) is 0 Å². The third-order valence-corrected chi connectivity index (χ3v) is 3.40. The Morgan fingerprint density at radius 3 is 1.64 bits per heavy atom. The van der Waals surface area contributed by atoms with Gasteiger partial charge in [0, 0.05) is 5.92 Å². The summed E-state index contributed by atoms with van der Waals surface area (Å²) in [4.78, 5) is 10.4. The molecule has 0 atom stereocenters. The molecule has 0 aromatic heterocycles. The van der Waals surface area contributed by atoms with Crippen molar-refractivity contribution >= 4 is 5.91 Å². The second kappa shape index (κ2) is 6.05. The summed E-state index contributed by atoms with van der Waals surface area (Å²) in [6.45, 7) is 2.34. The highest BCUT2D eigenvalue weighted by Gasteiger charge is 2.19. The Morgan fingerprint density at radius 2 is 1.43 bits per heavy atom. The molecule has 2 nitrogen and oxygen atoms in total. The Morgan fingerprint density at radius 1 is 1.00 bits per heavy atom. The van der Waals surface area contributed by atoms with Crippen molar-refractivity contribution in [1.29, 1.82) is 0 Å². The normalized spacial score (nSPS) is 23.2. The van der Waals surface area contributed by atoms with Crippen LogP contribution in [-0.2, 0) is 4.79 Å². The lowest BCUT2D eigenvalue weighted by Crippen LogP contribution is -2.19. The van der Waals surface area contributed by atoms with Gasteiger partial charge in [-0.15, -0.1) is 0 Å². The number of carbonyl (C=O) groups is 1. The van der Waals surface area contributed by atoms with E-state index in [1.807, 2.05) is 0 Å². The van der Waals surface area contributed by atoms with Crippen LogP contribution in [0.15, 0.2) is 0 Å². The Labute approximate surface area is 87.2 Å². The highest BCUT2D eigenvalue weighted by atomic mass is 16.1. The zero-order valence-corrected chi connectivity index (χ0v) is 9.30. The van der Waals surface area contributed by atoms with Gasteiger partial charge in [-0.25, -0.2) is 0 Å². The van der Waals surface area contributed by atoms with E-state index in [9.17, 15) is 4.79 Å². The standard InChI is InChI=1S/C6H11NO.C6H12/c7-6(8)5-3-1-2-4-5;1-6-4-2-3-5-6/h5H,1-4H2,(H2,7,8);6H,2-5H2,1H3. The number of hydrogen-bond donors (Lipinski definition) is 1. The first-order chi connectivity index (χ1) is 6.70. The first kappa shape index (κ1) is 11.5. The van der Waals surface area contributed by atoms with E-state index in [-0.39, 0.29) is 11.8 Å². The third kappa shape index (κ3) is 4.12. The van der Waals surface area contributed by atoms with E-state index in [4.69, 9.17) is 5.73 Å². The molecule has 2 aliphatic carbocycles. The summed E-state index contributed by atoms with van der Waals surface area (Å²) in [5.74, 6) is 1.14. The first-order valence-electron chi connectivity index (χ1n) is 5.99. The molecule has 2 aliphatic rings. The van der Waals surface area contributed by atoms with Crippen molar-refractivity contribution in [3.8, 4) is 0 Å². The number of hydrogen-bond acceptors (Lipinski definition) is 1. The van der Waals surface area contributed by atoms with Crippen LogP contribution in [0.3, 0.4) is 0 Å². The fraction of sp³-hybridized carbons (Fsp3) is 0.917. The molecule has 0 aromatic carbocycles. The average molecular weight is 197 g/mol. The minimum absolute atomic E-state index is 0.109. The quantitative estimate of drug-likeness (QED) is 0.690. The molecule has 14 heavy (non-hydrogen) atoms. The molecule has 2 N–H and O–H groups in total. The third-order valence-electron chi connectivity index (χ3n) is 3.40. The van der Waals surface area contributed by atoms with Gasteiger partial charge in [0.15, 0.2) is 0 Å². The molecule has 0 saturated heterocycles. The largest absolute Gasteiger partial charge is 0.369 e. The summed E-state index contributed by atoms with van der Waals surface area (Å²) >= 11 is 0. The van der Waals surface area contributed by atoms with Crippen LogP contribution in [-0.4, -0.2) is 5.91 Å². The molecule has 2 heteroatoms. The fourth-order valence-electron chi connectivity index (χ4n) is 2.34. The van der Waals surface area contributed by atoms with Crippen LogP contribution in [0.2, 0.25) is 0 Å². The van der Waals surface area contributed by atoms with Crippen LogP contribution < -0.4 is 5.73 Å². The van der Waals surface area contributed by atoms with Gasteiger partial charge in [-0.1, -0.05) is 45.4 Å². The second-order valence-corrected chi connectivity index (χ2v) is 4.77. The SMILES string of the molecule is CC1CCCC1.NC(=O)C1CCCC1. The second-order valence-electron chi connectivity index (χ2n) is 4.77.